The fraction of sp³-hybridized carbons (Fsp3) is 0.600. The number of benzene rings is 1. The van der Waals surface area contributed by atoms with Gasteiger partial charge in [0.2, 0.25) is 0 Å². The first-order valence-electron chi connectivity index (χ1n) is 7.41. The molecule has 6 nitrogen and oxygen atoms in total. The second-order valence-corrected chi connectivity index (χ2v) is 4.71. The molecule has 0 heterocycles. The number of nitro groups is 1. The first-order valence-corrected chi connectivity index (χ1v) is 7.41. The van der Waals surface area contributed by atoms with Crippen LogP contribution in [0.2, 0.25) is 0 Å². The fourth-order valence-corrected chi connectivity index (χ4v) is 1.75. The Balaban J connectivity index is 2.54. The maximum Gasteiger partial charge on any atom is 0.275 e. The van der Waals surface area contributed by atoms with Crippen LogP contribution in [0.15, 0.2) is 18.2 Å². The molecule has 118 valence electrons. The molecule has 0 bridgehead atoms. The van der Waals surface area contributed by atoms with Gasteiger partial charge < -0.3 is 14.8 Å². The minimum absolute atomic E-state index is 0.0355. The van der Waals surface area contributed by atoms with Gasteiger partial charge in [-0.3, -0.25) is 10.1 Å². The predicted octanol–water partition coefficient (Wildman–Crippen LogP) is 3.61. The number of non-ortho nitro benzene ring substituents is 1. The van der Waals surface area contributed by atoms with Gasteiger partial charge in [0.05, 0.1) is 17.6 Å². The molecule has 0 spiro atoms. The Morgan fingerprint density at radius 3 is 2.57 bits per heavy atom. The number of ether oxygens (including phenoxy) is 2. The highest BCUT2D eigenvalue weighted by molar-refractivity contribution is 5.56. The number of nitrogens with zero attached hydrogens (tertiary/aromatic N) is 1. The summed E-state index contributed by atoms with van der Waals surface area (Å²) in [4.78, 5) is 10.5. The molecule has 0 saturated heterocycles. The van der Waals surface area contributed by atoms with Crippen LogP contribution in [0.3, 0.4) is 0 Å². The largest absolute Gasteiger partial charge is 0.493 e. The number of nitrogens with one attached hydrogen (secondary N) is 1. The molecule has 0 unspecified atom stereocenters. The molecule has 1 aromatic carbocycles. The van der Waals surface area contributed by atoms with E-state index < -0.39 is 4.92 Å². The third kappa shape index (κ3) is 6.94. The van der Waals surface area contributed by atoms with Crippen molar-refractivity contribution < 1.29 is 14.4 Å². The minimum atomic E-state index is -0.408. The highest BCUT2D eigenvalue weighted by Crippen LogP contribution is 2.26. The van der Waals surface area contributed by atoms with Crippen LogP contribution in [0.4, 0.5) is 11.4 Å². The third-order valence-electron chi connectivity index (χ3n) is 2.72. The molecular formula is C15H24N2O4. The SMILES string of the molecule is CCCOCCCNc1cc(OCCC)cc([N+](=O)[O-])c1. The second kappa shape index (κ2) is 9.99. The molecule has 1 rings (SSSR count). The highest BCUT2D eigenvalue weighted by Gasteiger charge is 2.10. The minimum Gasteiger partial charge on any atom is -0.493 e. The van der Waals surface area contributed by atoms with Crippen molar-refractivity contribution in [1.82, 2.24) is 0 Å². The molecular weight excluding hydrogens is 272 g/mol. The lowest BCUT2D eigenvalue weighted by Crippen LogP contribution is -2.07. The van der Waals surface area contributed by atoms with E-state index in [9.17, 15) is 10.1 Å². The number of rotatable bonds is 11. The van der Waals surface area contributed by atoms with Gasteiger partial charge in [-0.05, 0) is 19.3 Å². The molecule has 1 N–H and O–H groups in total. The Morgan fingerprint density at radius 1 is 1.14 bits per heavy atom. The molecule has 0 aliphatic rings. The van der Waals surface area contributed by atoms with Crippen molar-refractivity contribution in [2.45, 2.75) is 33.1 Å². The van der Waals surface area contributed by atoms with Gasteiger partial charge in [0, 0.05) is 37.6 Å². The molecule has 0 aliphatic heterocycles. The zero-order valence-corrected chi connectivity index (χ0v) is 12.8. The van der Waals surface area contributed by atoms with E-state index in [-0.39, 0.29) is 5.69 Å². The van der Waals surface area contributed by atoms with Gasteiger partial charge in [0.15, 0.2) is 0 Å². The first-order chi connectivity index (χ1) is 10.2. The summed E-state index contributed by atoms with van der Waals surface area (Å²) in [6.07, 6.45) is 2.73. The van der Waals surface area contributed by atoms with E-state index in [4.69, 9.17) is 9.47 Å². The van der Waals surface area contributed by atoms with Crippen LogP contribution in [-0.2, 0) is 4.74 Å². The van der Waals surface area contributed by atoms with Crippen LogP contribution >= 0.6 is 0 Å². The Kier molecular flexibility index (Phi) is 8.19. The van der Waals surface area contributed by atoms with Crippen molar-refractivity contribution in [3.05, 3.63) is 28.3 Å². The predicted molar refractivity (Wildman–Crippen MR) is 83.1 cm³/mol. The summed E-state index contributed by atoms with van der Waals surface area (Å²) in [6.45, 7) is 6.77. The summed E-state index contributed by atoms with van der Waals surface area (Å²) in [5, 5.41) is 14.1. The van der Waals surface area contributed by atoms with Crippen LogP contribution in [0.1, 0.15) is 33.1 Å². The van der Waals surface area contributed by atoms with E-state index in [0.29, 0.717) is 31.2 Å². The Bertz CT molecular complexity index is 438. The fourth-order valence-electron chi connectivity index (χ4n) is 1.75. The molecule has 0 saturated carbocycles. The van der Waals surface area contributed by atoms with Gasteiger partial charge in [-0.2, -0.15) is 0 Å². The monoisotopic (exact) mass is 296 g/mol. The topological polar surface area (TPSA) is 73.6 Å². The Morgan fingerprint density at radius 2 is 1.90 bits per heavy atom. The van der Waals surface area contributed by atoms with Gasteiger partial charge >= 0.3 is 0 Å². The summed E-state index contributed by atoms with van der Waals surface area (Å²) in [5.41, 5.74) is 0.735. The molecule has 0 aliphatic carbocycles. The summed E-state index contributed by atoms with van der Waals surface area (Å²) < 4.78 is 10.9. The van der Waals surface area contributed by atoms with Crippen molar-refractivity contribution in [3.8, 4) is 5.75 Å². The van der Waals surface area contributed by atoms with Crippen molar-refractivity contribution in [1.29, 1.82) is 0 Å². The Labute approximate surface area is 125 Å². The van der Waals surface area contributed by atoms with Gasteiger partial charge in [0.25, 0.3) is 5.69 Å². The van der Waals surface area contributed by atoms with E-state index in [0.717, 1.165) is 25.9 Å². The van der Waals surface area contributed by atoms with Crippen molar-refractivity contribution in [2.24, 2.45) is 0 Å². The average molecular weight is 296 g/mol. The lowest BCUT2D eigenvalue weighted by molar-refractivity contribution is -0.384. The van der Waals surface area contributed by atoms with Crippen LogP contribution in [-0.4, -0.2) is 31.3 Å². The van der Waals surface area contributed by atoms with Crippen LogP contribution in [0.5, 0.6) is 5.75 Å². The standard InChI is InChI=1S/C15H24N2O4/c1-3-7-20-9-5-6-16-13-10-14(17(18)19)12-15(11-13)21-8-4-2/h10-12,16H,3-9H2,1-2H3. The molecule has 0 amide bonds. The van der Waals surface area contributed by atoms with Gasteiger partial charge in [-0.1, -0.05) is 13.8 Å². The van der Waals surface area contributed by atoms with E-state index in [2.05, 4.69) is 12.2 Å². The molecule has 1 aromatic rings. The van der Waals surface area contributed by atoms with Crippen LogP contribution in [0.25, 0.3) is 0 Å². The van der Waals surface area contributed by atoms with Gasteiger partial charge in [-0.15, -0.1) is 0 Å². The smallest absolute Gasteiger partial charge is 0.275 e. The average Bonchev–Trinajstić information content (AvgIpc) is 2.48. The summed E-state index contributed by atoms with van der Waals surface area (Å²) in [5.74, 6) is 0.524. The summed E-state index contributed by atoms with van der Waals surface area (Å²) >= 11 is 0. The van der Waals surface area contributed by atoms with Crippen LogP contribution < -0.4 is 10.1 Å². The lowest BCUT2D eigenvalue weighted by Gasteiger charge is -2.10. The maximum absolute atomic E-state index is 10.9. The first kappa shape index (κ1) is 17.2. The van der Waals surface area contributed by atoms with Crippen molar-refractivity contribution in [2.75, 3.05) is 31.7 Å². The summed E-state index contributed by atoms with van der Waals surface area (Å²) in [7, 11) is 0. The van der Waals surface area contributed by atoms with Crippen molar-refractivity contribution >= 4 is 11.4 Å². The number of hydrogen-bond acceptors (Lipinski definition) is 5. The highest BCUT2D eigenvalue weighted by atomic mass is 16.6. The molecule has 0 radical (unpaired) electrons. The molecule has 6 heteroatoms. The zero-order chi connectivity index (χ0) is 15.5. The van der Waals surface area contributed by atoms with E-state index in [1.54, 1.807) is 6.07 Å². The van der Waals surface area contributed by atoms with E-state index in [1.165, 1.54) is 12.1 Å². The maximum atomic E-state index is 10.9. The van der Waals surface area contributed by atoms with Crippen LogP contribution in [0, 0.1) is 10.1 Å². The lowest BCUT2D eigenvalue weighted by atomic mass is 10.2. The summed E-state index contributed by atoms with van der Waals surface area (Å²) in [6, 6.07) is 4.76. The van der Waals surface area contributed by atoms with Crippen molar-refractivity contribution in [3.63, 3.8) is 0 Å². The van der Waals surface area contributed by atoms with E-state index in [1.807, 2.05) is 6.92 Å². The number of anilines is 1. The van der Waals surface area contributed by atoms with E-state index >= 15 is 0 Å². The molecule has 0 fully saturated rings. The third-order valence-corrected chi connectivity index (χ3v) is 2.72. The molecule has 0 aromatic heterocycles. The van der Waals surface area contributed by atoms with Gasteiger partial charge in [0.1, 0.15) is 5.75 Å². The number of nitro benzene ring substituents is 1. The Hall–Kier alpha value is -1.82. The van der Waals surface area contributed by atoms with Gasteiger partial charge in [-0.25, -0.2) is 0 Å². The normalized spacial score (nSPS) is 10.4. The zero-order valence-electron chi connectivity index (χ0n) is 12.8. The second-order valence-electron chi connectivity index (χ2n) is 4.71. The number of hydrogen-bond donors (Lipinski definition) is 1. The molecule has 21 heavy (non-hydrogen) atoms. The molecule has 0 atom stereocenters. The quantitative estimate of drug-likeness (QED) is 0.383.